The lowest BCUT2D eigenvalue weighted by molar-refractivity contribution is 0.102. The van der Waals surface area contributed by atoms with Crippen LogP contribution in [-0.4, -0.2) is 46.2 Å². The molecule has 0 saturated carbocycles. The van der Waals surface area contributed by atoms with Crippen molar-refractivity contribution in [2.24, 2.45) is 0 Å². The number of fused-ring (bicyclic) bond motifs is 1. The average Bonchev–Trinajstić information content (AvgIpc) is 2.67. The molecule has 5 nitrogen and oxygen atoms in total. The molecule has 0 amide bonds. The van der Waals surface area contributed by atoms with Gasteiger partial charge in [-0.3, -0.25) is 9.48 Å². The van der Waals surface area contributed by atoms with Crippen LogP contribution in [0.2, 0.25) is 0 Å². The van der Waals surface area contributed by atoms with E-state index in [1.54, 1.807) is 0 Å². The third kappa shape index (κ3) is 2.71. The SMILES string of the molecule is Cc1c2c(nn1CCCN(C)C)CC/C(=C/O)C2=O. The van der Waals surface area contributed by atoms with Gasteiger partial charge in [0.25, 0.3) is 0 Å². The van der Waals surface area contributed by atoms with E-state index < -0.39 is 0 Å². The van der Waals surface area contributed by atoms with Crippen LogP contribution in [0.4, 0.5) is 0 Å². The van der Waals surface area contributed by atoms with E-state index in [2.05, 4.69) is 10.00 Å². The minimum Gasteiger partial charge on any atom is -0.515 e. The van der Waals surface area contributed by atoms with Crippen LogP contribution in [0.25, 0.3) is 0 Å². The Kier molecular flexibility index (Phi) is 4.04. The van der Waals surface area contributed by atoms with Gasteiger partial charge in [-0.05, 0) is 46.8 Å². The number of rotatable bonds is 4. The Morgan fingerprint density at radius 3 is 2.79 bits per heavy atom. The molecule has 19 heavy (non-hydrogen) atoms. The van der Waals surface area contributed by atoms with E-state index in [4.69, 9.17) is 5.11 Å². The van der Waals surface area contributed by atoms with E-state index in [-0.39, 0.29) is 5.78 Å². The number of carbonyl (C=O) groups is 1. The fourth-order valence-corrected chi connectivity index (χ4v) is 2.48. The molecule has 0 bridgehead atoms. The van der Waals surface area contributed by atoms with Crippen molar-refractivity contribution in [2.45, 2.75) is 32.7 Å². The predicted octanol–water partition coefficient (Wildman–Crippen LogP) is 1.71. The number of nitrogens with zero attached hydrogens (tertiary/aromatic N) is 3. The molecular weight excluding hydrogens is 242 g/mol. The molecule has 0 unspecified atom stereocenters. The maximum Gasteiger partial charge on any atom is 0.195 e. The summed E-state index contributed by atoms with van der Waals surface area (Å²) in [6.45, 7) is 3.75. The standard InChI is InChI=1S/C14H21N3O2/c1-10-13-12(6-5-11(9-18)14(13)19)15-17(10)8-4-7-16(2)3/h9,18H,4-8H2,1-3H3/b11-9-. The highest BCUT2D eigenvalue weighted by Gasteiger charge is 2.28. The van der Waals surface area contributed by atoms with E-state index in [0.717, 1.165) is 43.6 Å². The van der Waals surface area contributed by atoms with Gasteiger partial charge in [0.2, 0.25) is 0 Å². The van der Waals surface area contributed by atoms with Gasteiger partial charge in [-0.2, -0.15) is 5.10 Å². The number of aliphatic hydroxyl groups is 1. The second kappa shape index (κ2) is 5.57. The van der Waals surface area contributed by atoms with Crippen molar-refractivity contribution >= 4 is 5.78 Å². The van der Waals surface area contributed by atoms with Crippen molar-refractivity contribution in [3.63, 3.8) is 0 Å². The van der Waals surface area contributed by atoms with Crippen LogP contribution in [0.15, 0.2) is 11.8 Å². The van der Waals surface area contributed by atoms with Crippen LogP contribution in [0.3, 0.4) is 0 Å². The Morgan fingerprint density at radius 1 is 1.42 bits per heavy atom. The molecule has 1 heterocycles. The van der Waals surface area contributed by atoms with E-state index in [0.29, 0.717) is 17.6 Å². The van der Waals surface area contributed by atoms with Gasteiger partial charge in [0, 0.05) is 17.8 Å². The van der Waals surface area contributed by atoms with Gasteiger partial charge in [-0.1, -0.05) is 0 Å². The van der Waals surface area contributed by atoms with E-state index in [9.17, 15) is 4.79 Å². The summed E-state index contributed by atoms with van der Waals surface area (Å²) >= 11 is 0. The van der Waals surface area contributed by atoms with Gasteiger partial charge in [0.15, 0.2) is 5.78 Å². The fraction of sp³-hybridized carbons (Fsp3) is 0.571. The van der Waals surface area contributed by atoms with Crippen LogP contribution >= 0.6 is 0 Å². The molecule has 0 atom stereocenters. The molecular formula is C14H21N3O2. The molecule has 0 saturated heterocycles. The summed E-state index contributed by atoms with van der Waals surface area (Å²) in [4.78, 5) is 14.3. The monoisotopic (exact) mass is 263 g/mol. The highest BCUT2D eigenvalue weighted by Crippen LogP contribution is 2.26. The van der Waals surface area contributed by atoms with Crippen molar-refractivity contribution in [3.8, 4) is 0 Å². The lowest BCUT2D eigenvalue weighted by Crippen LogP contribution is -2.16. The van der Waals surface area contributed by atoms with Gasteiger partial charge >= 0.3 is 0 Å². The smallest absolute Gasteiger partial charge is 0.195 e. The summed E-state index contributed by atoms with van der Waals surface area (Å²) in [5, 5.41) is 13.6. The molecule has 0 radical (unpaired) electrons. The Labute approximate surface area is 113 Å². The van der Waals surface area contributed by atoms with Crippen LogP contribution in [0.5, 0.6) is 0 Å². The molecule has 1 aliphatic carbocycles. The van der Waals surface area contributed by atoms with Crippen LogP contribution in [-0.2, 0) is 13.0 Å². The van der Waals surface area contributed by atoms with Gasteiger partial charge in [0.05, 0.1) is 17.5 Å². The molecule has 1 aliphatic rings. The topological polar surface area (TPSA) is 58.4 Å². The fourth-order valence-electron chi connectivity index (χ4n) is 2.48. The zero-order valence-corrected chi connectivity index (χ0v) is 11.8. The minimum absolute atomic E-state index is 0.0693. The first-order chi connectivity index (χ1) is 9.04. The third-order valence-electron chi connectivity index (χ3n) is 3.56. The number of allylic oxidation sites excluding steroid dienone is 1. The molecule has 0 aromatic carbocycles. The molecule has 2 rings (SSSR count). The zero-order chi connectivity index (χ0) is 14.0. The summed E-state index contributed by atoms with van der Waals surface area (Å²) in [6, 6.07) is 0. The zero-order valence-electron chi connectivity index (χ0n) is 11.8. The van der Waals surface area contributed by atoms with Gasteiger partial charge in [0.1, 0.15) is 0 Å². The summed E-state index contributed by atoms with van der Waals surface area (Å²) in [7, 11) is 4.09. The van der Waals surface area contributed by atoms with E-state index >= 15 is 0 Å². The quantitative estimate of drug-likeness (QED) is 0.663. The van der Waals surface area contributed by atoms with E-state index in [1.165, 1.54) is 0 Å². The van der Waals surface area contributed by atoms with Crippen LogP contribution in [0.1, 0.15) is 34.6 Å². The number of aromatic nitrogens is 2. The maximum atomic E-state index is 12.2. The van der Waals surface area contributed by atoms with Crippen molar-refractivity contribution in [2.75, 3.05) is 20.6 Å². The van der Waals surface area contributed by atoms with Gasteiger partial charge < -0.3 is 10.0 Å². The molecule has 5 heteroatoms. The normalized spacial score (nSPS) is 17.3. The summed E-state index contributed by atoms with van der Waals surface area (Å²) in [5.41, 5.74) is 2.97. The molecule has 104 valence electrons. The number of Topliss-reactive ketones (excluding diaryl/α,β-unsaturated/α-hetero) is 1. The summed E-state index contributed by atoms with van der Waals surface area (Å²) < 4.78 is 1.92. The number of carbonyl (C=O) groups excluding carboxylic acids is 1. The first-order valence-corrected chi connectivity index (χ1v) is 6.63. The first kappa shape index (κ1) is 13.8. The molecule has 1 N–H and O–H groups in total. The number of ketones is 1. The van der Waals surface area contributed by atoms with Crippen molar-refractivity contribution in [1.82, 2.24) is 14.7 Å². The van der Waals surface area contributed by atoms with Gasteiger partial charge in [-0.25, -0.2) is 0 Å². The van der Waals surface area contributed by atoms with Crippen LogP contribution in [0, 0.1) is 6.92 Å². The third-order valence-corrected chi connectivity index (χ3v) is 3.56. The highest BCUT2D eigenvalue weighted by molar-refractivity contribution is 6.11. The minimum atomic E-state index is -0.0693. The number of hydrogen-bond acceptors (Lipinski definition) is 4. The van der Waals surface area contributed by atoms with Crippen molar-refractivity contribution in [3.05, 3.63) is 28.8 Å². The molecule has 0 aliphatic heterocycles. The Morgan fingerprint density at radius 2 is 2.16 bits per heavy atom. The predicted molar refractivity (Wildman–Crippen MR) is 73.5 cm³/mol. The molecule has 0 fully saturated rings. The maximum absolute atomic E-state index is 12.2. The first-order valence-electron chi connectivity index (χ1n) is 6.63. The number of hydrogen-bond donors (Lipinski definition) is 1. The molecule has 1 aromatic rings. The second-order valence-electron chi connectivity index (χ2n) is 5.27. The largest absolute Gasteiger partial charge is 0.515 e. The summed E-state index contributed by atoms with van der Waals surface area (Å²) in [6.07, 6.45) is 3.25. The Balaban J connectivity index is 2.20. The van der Waals surface area contributed by atoms with Crippen molar-refractivity contribution < 1.29 is 9.90 Å². The number of aliphatic hydroxyl groups excluding tert-OH is 1. The average molecular weight is 263 g/mol. The Bertz CT molecular complexity index is 515. The summed E-state index contributed by atoms with van der Waals surface area (Å²) in [5.74, 6) is -0.0693. The van der Waals surface area contributed by atoms with Crippen LogP contribution < -0.4 is 0 Å². The van der Waals surface area contributed by atoms with Gasteiger partial charge in [-0.15, -0.1) is 0 Å². The lowest BCUT2D eigenvalue weighted by Gasteiger charge is -2.11. The molecule has 0 spiro atoms. The molecule has 1 aromatic heterocycles. The van der Waals surface area contributed by atoms with E-state index in [1.807, 2.05) is 25.7 Å². The Hall–Kier alpha value is -1.62. The lowest BCUT2D eigenvalue weighted by atomic mass is 9.91. The highest BCUT2D eigenvalue weighted by atomic mass is 16.2. The second-order valence-corrected chi connectivity index (χ2v) is 5.27. The number of aryl methyl sites for hydroxylation is 2. The van der Waals surface area contributed by atoms with Crippen molar-refractivity contribution in [1.29, 1.82) is 0 Å².